The fraction of sp³-hybridized carbons (Fsp3) is 0.645. The standard InChI is InChI=1S/C31H48N2O3S/c1-4-5-6-7-8-9-10-11-12-13-14-15-16-17-18-21-24-33(3)37(34,35)30-25-29-31(32-26(2)36-29)28-23-20-19-22-27(28)30/h19-20,22-23,25H,4-18,21,24H2,1-3H3. The van der Waals surface area contributed by atoms with Crippen LogP contribution in [0, 0.1) is 6.92 Å². The molecule has 2 aromatic carbocycles. The van der Waals surface area contributed by atoms with Crippen molar-refractivity contribution in [2.24, 2.45) is 0 Å². The summed E-state index contributed by atoms with van der Waals surface area (Å²) < 4.78 is 34.1. The minimum atomic E-state index is -3.62. The van der Waals surface area contributed by atoms with Crippen molar-refractivity contribution in [3.05, 3.63) is 36.2 Å². The van der Waals surface area contributed by atoms with Gasteiger partial charge in [0.1, 0.15) is 5.52 Å². The SMILES string of the molecule is CCCCCCCCCCCCCCCCCCN(C)S(=O)(=O)c1cc2oc(C)nc2c2ccccc12. The number of unbranched alkanes of at least 4 members (excludes halogenated alkanes) is 15. The summed E-state index contributed by atoms with van der Waals surface area (Å²) in [5.41, 5.74) is 1.23. The van der Waals surface area contributed by atoms with Gasteiger partial charge in [-0.1, -0.05) is 128 Å². The quantitative estimate of drug-likeness (QED) is 0.145. The Labute approximate surface area is 225 Å². The van der Waals surface area contributed by atoms with Crippen LogP contribution in [0.3, 0.4) is 0 Å². The van der Waals surface area contributed by atoms with Crippen molar-refractivity contribution < 1.29 is 12.8 Å². The highest BCUT2D eigenvalue weighted by Crippen LogP contribution is 2.32. The normalized spacial score (nSPS) is 12.3. The topological polar surface area (TPSA) is 63.4 Å². The van der Waals surface area contributed by atoms with Gasteiger partial charge < -0.3 is 4.42 Å². The van der Waals surface area contributed by atoms with E-state index in [1.807, 2.05) is 24.3 Å². The van der Waals surface area contributed by atoms with Gasteiger partial charge >= 0.3 is 0 Å². The van der Waals surface area contributed by atoms with Gasteiger partial charge in [-0.25, -0.2) is 17.7 Å². The number of rotatable bonds is 19. The van der Waals surface area contributed by atoms with E-state index in [2.05, 4.69) is 11.9 Å². The van der Waals surface area contributed by atoms with Gasteiger partial charge in [-0.3, -0.25) is 0 Å². The molecule has 0 aliphatic heterocycles. The number of fused-ring (bicyclic) bond motifs is 3. The molecule has 37 heavy (non-hydrogen) atoms. The summed E-state index contributed by atoms with van der Waals surface area (Å²) in [6.45, 7) is 4.59. The van der Waals surface area contributed by atoms with E-state index in [-0.39, 0.29) is 0 Å². The molecule has 0 aliphatic rings. The molecule has 5 nitrogen and oxygen atoms in total. The lowest BCUT2D eigenvalue weighted by molar-refractivity contribution is 0.448. The highest BCUT2D eigenvalue weighted by Gasteiger charge is 2.25. The molecule has 0 aliphatic carbocycles. The number of aryl methyl sites for hydroxylation is 1. The Morgan fingerprint density at radius 2 is 1.24 bits per heavy atom. The molecular weight excluding hydrogens is 480 g/mol. The van der Waals surface area contributed by atoms with E-state index in [0.29, 0.717) is 33.8 Å². The summed E-state index contributed by atoms with van der Waals surface area (Å²) in [5.74, 6) is 0.538. The Kier molecular flexibility index (Phi) is 12.4. The summed E-state index contributed by atoms with van der Waals surface area (Å²) in [7, 11) is -1.94. The number of oxazole rings is 1. The van der Waals surface area contributed by atoms with Crippen LogP contribution in [0.4, 0.5) is 0 Å². The van der Waals surface area contributed by atoms with Crippen LogP contribution < -0.4 is 0 Å². The molecule has 0 bridgehead atoms. The predicted molar refractivity (Wildman–Crippen MR) is 156 cm³/mol. The fourth-order valence-electron chi connectivity index (χ4n) is 5.22. The van der Waals surface area contributed by atoms with Gasteiger partial charge in [0.15, 0.2) is 11.5 Å². The molecule has 0 unspecified atom stereocenters. The van der Waals surface area contributed by atoms with E-state index >= 15 is 0 Å². The Hall–Kier alpha value is -1.92. The monoisotopic (exact) mass is 528 g/mol. The largest absolute Gasteiger partial charge is 0.441 e. The van der Waals surface area contributed by atoms with Gasteiger partial charge in [0.05, 0.1) is 4.90 Å². The lowest BCUT2D eigenvalue weighted by Crippen LogP contribution is -2.28. The Bertz CT molecular complexity index is 1190. The van der Waals surface area contributed by atoms with Crippen LogP contribution in [0.1, 0.15) is 116 Å². The first-order valence-electron chi connectivity index (χ1n) is 14.7. The second kappa shape index (κ2) is 15.5. The van der Waals surface area contributed by atoms with Crippen molar-refractivity contribution in [1.29, 1.82) is 0 Å². The second-order valence-electron chi connectivity index (χ2n) is 10.6. The maximum Gasteiger partial charge on any atom is 0.243 e. The highest BCUT2D eigenvalue weighted by atomic mass is 32.2. The zero-order chi connectivity index (χ0) is 26.5. The minimum Gasteiger partial charge on any atom is -0.441 e. The molecule has 0 amide bonds. The predicted octanol–water partition coefficient (Wildman–Crippen LogP) is 9.17. The number of benzene rings is 2. The van der Waals surface area contributed by atoms with Crippen LogP contribution in [-0.4, -0.2) is 31.3 Å². The summed E-state index contributed by atoms with van der Waals surface area (Å²) in [6, 6.07) is 9.18. The van der Waals surface area contributed by atoms with Gasteiger partial charge in [0, 0.05) is 37.4 Å². The van der Waals surface area contributed by atoms with Crippen LogP contribution in [0.2, 0.25) is 0 Å². The highest BCUT2D eigenvalue weighted by molar-refractivity contribution is 7.89. The second-order valence-corrected chi connectivity index (χ2v) is 12.6. The first kappa shape index (κ1) is 29.6. The van der Waals surface area contributed by atoms with Crippen molar-refractivity contribution in [2.45, 2.75) is 121 Å². The average Bonchev–Trinajstić information content (AvgIpc) is 3.28. The first-order valence-corrected chi connectivity index (χ1v) is 16.1. The molecule has 0 N–H and O–H groups in total. The Morgan fingerprint density at radius 3 is 1.78 bits per heavy atom. The van der Waals surface area contributed by atoms with Crippen LogP contribution in [0.25, 0.3) is 21.9 Å². The number of nitrogens with zero attached hydrogens (tertiary/aromatic N) is 2. The zero-order valence-corrected chi connectivity index (χ0v) is 24.3. The number of hydrogen-bond donors (Lipinski definition) is 0. The molecule has 0 saturated carbocycles. The molecule has 1 aromatic heterocycles. The van der Waals surface area contributed by atoms with Crippen LogP contribution in [0.15, 0.2) is 39.6 Å². The van der Waals surface area contributed by atoms with Crippen molar-refractivity contribution >= 4 is 31.9 Å². The molecule has 0 fully saturated rings. The van der Waals surface area contributed by atoms with Crippen molar-refractivity contribution in [3.63, 3.8) is 0 Å². The van der Waals surface area contributed by atoms with Gasteiger partial charge in [-0.2, -0.15) is 0 Å². The molecule has 6 heteroatoms. The maximum absolute atomic E-state index is 13.5. The summed E-state index contributed by atoms with van der Waals surface area (Å²) in [5, 5.41) is 1.51. The molecule has 0 atom stereocenters. The number of hydrogen-bond acceptors (Lipinski definition) is 4. The summed E-state index contributed by atoms with van der Waals surface area (Å²) in [4.78, 5) is 4.76. The third-order valence-electron chi connectivity index (χ3n) is 7.48. The van der Waals surface area contributed by atoms with Gasteiger partial charge in [0.2, 0.25) is 10.0 Å². The Balaban J connectivity index is 1.33. The van der Waals surface area contributed by atoms with E-state index in [1.54, 1.807) is 20.0 Å². The van der Waals surface area contributed by atoms with Crippen molar-refractivity contribution in [1.82, 2.24) is 9.29 Å². The lowest BCUT2D eigenvalue weighted by atomic mass is 10.0. The lowest BCUT2D eigenvalue weighted by Gasteiger charge is -2.18. The van der Waals surface area contributed by atoms with Crippen molar-refractivity contribution in [3.8, 4) is 0 Å². The van der Waals surface area contributed by atoms with Crippen LogP contribution in [0.5, 0.6) is 0 Å². The minimum absolute atomic E-state index is 0.297. The number of aromatic nitrogens is 1. The Morgan fingerprint density at radius 1 is 0.757 bits per heavy atom. The molecule has 3 aromatic rings. The third kappa shape index (κ3) is 8.81. The van der Waals surface area contributed by atoms with Gasteiger partial charge in [0.25, 0.3) is 0 Å². The molecule has 0 saturated heterocycles. The number of sulfonamides is 1. The summed E-state index contributed by atoms with van der Waals surface area (Å²) >= 11 is 0. The van der Waals surface area contributed by atoms with Gasteiger partial charge in [-0.05, 0) is 6.42 Å². The average molecular weight is 529 g/mol. The van der Waals surface area contributed by atoms with E-state index < -0.39 is 10.0 Å². The van der Waals surface area contributed by atoms with E-state index in [4.69, 9.17) is 4.42 Å². The van der Waals surface area contributed by atoms with Gasteiger partial charge in [-0.15, -0.1) is 0 Å². The van der Waals surface area contributed by atoms with Crippen molar-refractivity contribution in [2.75, 3.05) is 13.6 Å². The summed E-state index contributed by atoms with van der Waals surface area (Å²) in [6.07, 6.45) is 21.0. The first-order chi connectivity index (χ1) is 17.9. The molecular formula is C31H48N2O3S. The fourth-order valence-corrected chi connectivity index (χ4v) is 6.64. The molecule has 0 spiro atoms. The molecule has 206 valence electrons. The zero-order valence-electron chi connectivity index (χ0n) is 23.4. The third-order valence-corrected chi connectivity index (χ3v) is 9.38. The molecule has 3 rings (SSSR count). The van der Waals surface area contributed by atoms with E-state index in [9.17, 15) is 8.42 Å². The van der Waals surface area contributed by atoms with E-state index in [0.717, 1.165) is 18.2 Å². The van der Waals surface area contributed by atoms with Crippen LogP contribution >= 0.6 is 0 Å². The van der Waals surface area contributed by atoms with Crippen LogP contribution in [-0.2, 0) is 10.0 Å². The smallest absolute Gasteiger partial charge is 0.243 e. The van der Waals surface area contributed by atoms with E-state index in [1.165, 1.54) is 94.2 Å². The maximum atomic E-state index is 13.5. The molecule has 1 heterocycles. The molecule has 0 radical (unpaired) electrons.